The number of carbonyl (C=O) groups excluding carboxylic acids is 1. The van der Waals surface area contributed by atoms with E-state index in [4.69, 9.17) is 0 Å². The van der Waals surface area contributed by atoms with Crippen LogP contribution in [0, 0.1) is 19.8 Å². The molecule has 0 fully saturated rings. The van der Waals surface area contributed by atoms with Gasteiger partial charge in [0.05, 0.1) is 0 Å². The minimum atomic E-state index is -0.0341. The molecule has 3 aromatic rings. The molecule has 3 heteroatoms. The van der Waals surface area contributed by atoms with E-state index < -0.39 is 0 Å². The van der Waals surface area contributed by atoms with E-state index in [1.54, 1.807) is 0 Å². The predicted octanol–water partition coefficient (Wildman–Crippen LogP) is 5.15. The zero-order valence-corrected chi connectivity index (χ0v) is 17.0. The second-order valence-electron chi connectivity index (χ2n) is 8.16. The van der Waals surface area contributed by atoms with Gasteiger partial charge in [-0.15, -0.1) is 0 Å². The average molecular weight is 373 g/mol. The van der Waals surface area contributed by atoms with Crippen molar-refractivity contribution >= 4 is 5.91 Å². The van der Waals surface area contributed by atoms with Crippen molar-refractivity contribution in [2.24, 2.45) is 5.92 Å². The molecule has 1 aliphatic carbocycles. The number of aromatic nitrogens is 1. The van der Waals surface area contributed by atoms with Crippen LogP contribution < -0.4 is 5.32 Å². The van der Waals surface area contributed by atoms with Crippen LogP contribution in [0.25, 0.3) is 5.69 Å². The molecule has 0 spiro atoms. The first-order valence-corrected chi connectivity index (χ1v) is 10.2. The minimum Gasteiger partial charge on any atom is -0.348 e. The maximum Gasteiger partial charge on any atom is 0.251 e. The highest BCUT2D eigenvalue weighted by atomic mass is 16.1. The van der Waals surface area contributed by atoms with Crippen LogP contribution in [0.5, 0.6) is 0 Å². The van der Waals surface area contributed by atoms with Gasteiger partial charge in [0, 0.05) is 29.2 Å². The number of benzene rings is 2. The average Bonchev–Trinajstić information content (AvgIpc) is 3.01. The highest BCUT2D eigenvalue weighted by Gasteiger charge is 2.21. The molecular weight excluding hydrogens is 344 g/mol. The Balaban J connectivity index is 1.49. The molecule has 0 unspecified atom stereocenters. The SMILES string of the molecule is Cc1cccc(CNC(=O)c2ccc(-n3c(C)cc4c3CC[C@H](C)C4)cc2)c1. The molecule has 0 saturated carbocycles. The molecule has 1 amide bonds. The number of aryl methyl sites for hydroxylation is 2. The lowest BCUT2D eigenvalue weighted by molar-refractivity contribution is 0.0951. The first-order valence-electron chi connectivity index (χ1n) is 10.2. The zero-order valence-electron chi connectivity index (χ0n) is 17.0. The molecule has 1 heterocycles. The molecule has 1 aromatic heterocycles. The van der Waals surface area contributed by atoms with Crippen LogP contribution in [0.2, 0.25) is 0 Å². The van der Waals surface area contributed by atoms with Gasteiger partial charge in [-0.1, -0.05) is 36.8 Å². The number of nitrogens with zero attached hydrogens (tertiary/aromatic N) is 1. The van der Waals surface area contributed by atoms with Crippen molar-refractivity contribution in [1.29, 1.82) is 0 Å². The van der Waals surface area contributed by atoms with Gasteiger partial charge in [-0.3, -0.25) is 4.79 Å². The summed E-state index contributed by atoms with van der Waals surface area (Å²) < 4.78 is 2.36. The Labute approximate surface area is 167 Å². The van der Waals surface area contributed by atoms with Crippen molar-refractivity contribution in [3.05, 3.63) is 88.2 Å². The molecule has 2 aromatic carbocycles. The summed E-state index contributed by atoms with van der Waals surface area (Å²) >= 11 is 0. The summed E-state index contributed by atoms with van der Waals surface area (Å²) in [5.74, 6) is 0.732. The van der Waals surface area contributed by atoms with Gasteiger partial charge in [0.2, 0.25) is 0 Å². The van der Waals surface area contributed by atoms with E-state index in [-0.39, 0.29) is 5.91 Å². The number of hydrogen-bond acceptors (Lipinski definition) is 1. The molecule has 0 radical (unpaired) electrons. The van der Waals surface area contributed by atoms with Gasteiger partial charge >= 0.3 is 0 Å². The van der Waals surface area contributed by atoms with Crippen LogP contribution in [-0.2, 0) is 19.4 Å². The van der Waals surface area contributed by atoms with E-state index in [1.807, 2.05) is 24.3 Å². The van der Waals surface area contributed by atoms with Crippen molar-refractivity contribution < 1.29 is 4.79 Å². The fraction of sp³-hybridized carbons (Fsp3) is 0.320. The summed E-state index contributed by atoms with van der Waals surface area (Å²) in [4.78, 5) is 12.5. The summed E-state index contributed by atoms with van der Waals surface area (Å²) in [7, 11) is 0. The Hall–Kier alpha value is -2.81. The molecule has 0 saturated heterocycles. The van der Waals surface area contributed by atoms with Gasteiger partial charge in [0.25, 0.3) is 5.91 Å². The van der Waals surface area contributed by atoms with Crippen LogP contribution in [0.4, 0.5) is 0 Å². The minimum absolute atomic E-state index is 0.0341. The standard InChI is InChI=1S/C25H28N2O/c1-17-5-4-6-20(13-17)16-26-25(28)21-8-10-23(11-9-21)27-19(3)15-22-14-18(2)7-12-24(22)27/h4-6,8-11,13,15,18H,7,12,14,16H2,1-3H3,(H,26,28)/t18-/m0/s1. The molecule has 1 aliphatic rings. The van der Waals surface area contributed by atoms with E-state index in [2.05, 4.69) is 61.0 Å². The Kier molecular flexibility index (Phi) is 5.08. The van der Waals surface area contributed by atoms with Crippen molar-refractivity contribution in [2.45, 2.75) is 46.6 Å². The Morgan fingerprint density at radius 2 is 1.89 bits per heavy atom. The van der Waals surface area contributed by atoms with Crippen LogP contribution in [0.3, 0.4) is 0 Å². The first kappa shape index (κ1) is 18.5. The van der Waals surface area contributed by atoms with Gasteiger partial charge in [0.1, 0.15) is 0 Å². The number of fused-ring (bicyclic) bond motifs is 1. The second-order valence-corrected chi connectivity index (χ2v) is 8.16. The maximum atomic E-state index is 12.5. The number of carbonyl (C=O) groups is 1. The summed E-state index contributed by atoms with van der Waals surface area (Å²) in [5, 5.41) is 3.02. The molecule has 0 bridgehead atoms. The summed E-state index contributed by atoms with van der Waals surface area (Å²) in [6.07, 6.45) is 3.54. The van der Waals surface area contributed by atoms with Crippen LogP contribution in [0.1, 0.15) is 51.8 Å². The highest BCUT2D eigenvalue weighted by molar-refractivity contribution is 5.94. The lowest BCUT2D eigenvalue weighted by Crippen LogP contribution is -2.22. The van der Waals surface area contributed by atoms with Gasteiger partial charge in [0.15, 0.2) is 0 Å². The molecule has 4 rings (SSSR count). The lowest BCUT2D eigenvalue weighted by Gasteiger charge is -2.21. The van der Waals surface area contributed by atoms with E-state index in [1.165, 1.54) is 35.4 Å². The first-order chi connectivity index (χ1) is 13.5. The smallest absolute Gasteiger partial charge is 0.251 e. The topological polar surface area (TPSA) is 34.0 Å². The van der Waals surface area contributed by atoms with Crippen molar-refractivity contribution in [3.8, 4) is 5.69 Å². The van der Waals surface area contributed by atoms with Crippen LogP contribution in [0.15, 0.2) is 54.6 Å². The van der Waals surface area contributed by atoms with Crippen molar-refractivity contribution in [3.63, 3.8) is 0 Å². The number of rotatable bonds is 4. The van der Waals surface area contributed by atoms with E-state index >= 15 is 0 Å². The number of amides is 1. The fourth-order valence-electron chi connectivity index (χ4n) is 4.29. The second kappa shape index (κ2) is 7.67. The maximum absolute atomic E-state index is 12.5. The van der Waals surface area contributed by atoms with E-state index in [0.717, 1.165) is 23.6 Å². The molecule has 1 N–H and O–H groups in total. The van der Waals surface area contributed by atoms with Crippen LogP contribution >= 0.6 is 0 Å². The van der Waals surface area contributed by atoms with Gasteiger partial charge in [-0.25, -0.2) is 0 Å². The van der Waals surface area contributed by atoms with E-state index in [0.29, 0.717) is 12.1 Å². The monoisotopic (exact) mass is 372 g/mol. The van der Waals surface area contributed by atoms with Gasteiger partial charge in [-0.05, 0) is 80.5 Å². The molecular formula is C25H28N2O. The van der Waals surface area contributed by atoms with Gasteiger partial charge in [-0.2, -0.15) is 0 Å². The summed E-state index contributed by atoms with van der Waals surface area (Å²) in [5.41, 5.74) is 8.36. The summed E-state index contributed by atoms with van der Waals surface area (Å²) in [6.45, 7) is 7.11. The van der Waals surface area contributed by atoms with Gasteiger partial charge < -0.3 is 9.88 Å². The predicted molar refractivity (Wildman–Crippen MR) is 114 cm³/mol. The molecule has 28 heavy (non-hydrogen) atoms. The Bertz CT molecular complexity index is 998. The zero-order chi connectivity index (χ0) is 19.7. The Morgan fingerprint density at radius 3 is 2.64 bits per heavy atom. The van der Waals surface area contributed by atoms with Crippen LogP contribution in [-0.4, -0.2) is 10.5 Å². The largest absolute Gasteiger partial charge is 0.348 e. The highest BCUT2D eigenvalue weighted by Crippen LogP contribution is 2.30. The molecule has 0 aliphatic heterocycles. The molecule has 144 valence electrons. The third kappa shape index (κ3) is 3.75. The fourth-order valence-corrected chi connectivity index (χ4v) is 4.29. The molecule has 1 atom stereocenters. The third-order valence-electron chi connectivity index (χ3n) is 5.74. The number of hydrogen-bond donors (Lipinski definition) is 1. The summed E-state index contributed by atoms with van der Waals surface area (Å²) in [6, 6.07) is 18.5. The van der Waals surface area contributed by atoms with E-state index in [9.17, 15) is 4.79 Å². The number of nitrogens with one attached hydrogen (secondary N) is 1. The lowest BCUT2D eigenvalue weighted by atomic mass is 9.89. The Morgan fingerprint density at radius 1 is 1.11 bits per heavy atom. The quantitative estimate of drug-likeness (QED) is 0.675. The molecule has 3 nitrogen and oxygen atoms in total. The van der Waals surface area contributed by atoms with Crippen molar-refractivity contribution in [2.75, 3.05) is 0 Å². The third-order valence-corrected chi connectivity index (χ3v) is 5.74. The normalized spacial score (nSPS) is 15.9. The van der Waals surface area contributed by atoms with Crippen molar-refractivity contribution in [1.82, 2.24) is 9.88 Å².